The molecule has 1 aromatic rings. The first-order chi connectivity index (χ1) is 13.0. The Labute approximate surface area is 157 Å². The molecule has 0 aromatic heterocycles. The van der Waals surface area contributed by atoms with Gasteiger partial charge in [0.25, 0.3) is 0 Å². The van der Waals surface area contributed by atoms with E-state index in [-0.39, 0.29) is 41.2 Å². The molecular weight excluding hydrogens is 348 g/mol. The lowest BCUT2D eigenvalue weighted by atomic mass is 9.82. The van der Waals surface area contributed by atoms with Crippen molar-refractivity contribution in [1.82, 2.24) is 0 Å². The van der Waals surface area contributed by atoms with Gasteiger partial charge in [0.1, 0.15) is 28.9 Å². The van der Waals surface area contributed by atoms with Gasteiger partial charge < -0.3 is 25.1 Å². The van der Waals surface area contributed by atoms with Crippen molar-refractivity contribution in [2.75, 3.05) is 6.61 Å². The van der Waals surface area contributed by atoms with Gasteiger partial charge in [0.05, 0.1) is 24.2 Å². The third-order valence-corrected chi connectivity index (χ3v) is 4.77. The number of ether oxygens (including phenoxy) is 3. The van der Waals surface area contributed by atoms with E-state index in [0.29, 0.717) is 11.3 Å². The van der Waals surface area contributed by atoms with E-state index in [1.807, 2.05) is 6.07 Å². The van der Waals surface area contributed by atoms with Crippen LogP contribution in [-0.4, -0.2) is 23.8 Å². The lowest BCUT2D eigenvalue weighted by Gasteiger charge is -2.28. The average molecular weight is 370 g/mol. The zero-order valence-corrected chi connectivity index (χ0v) is 15.3. The van der Waals surface area contributed by atoms with E-state index in [1.165, 1.54) is 6.07 Å². The lowest BCUT2D eigenvalue weighted by Crippen LogP contribution is -2.26. The topological polar surface area (TPSA) is 115 Å². The van der Waals surface area contributed by atoms with Crippen LogP contribution in [0.4, 0.5) is 0 Å². The van der Waals surface area contributed by atoms with Gasteiger partial charge in [0.2, 0.25) is 5.88 Å². The fourth-order valence-corrected chi connectivity index (χ4v) is 3.19. The highest BCUT2D eigenvalue weighted by Crippen LogP contribution is 2.43. The maximum atomic E-state index is 12.5. The van der Waals surface area contributed by atoms with Crippen LogP contribution in [0.25, 0.3) is 0 Å². The quantitative estimate of drug-likeness (QED) is 0.766. The van der Waals surface area contributed by atoms with Gasteiger partial charge in [-0.2, -0.15) is 5.26 Å². The number of esters is 1. The first-order valence-electron chi connectivity index (χ1n) is 8.91. The number of hydrogen-bond acceptors (Lipinski definition) is 7. The van der Waals surface area contributed by atoms with E-state index in [9.17, 15) is 15.2 Å². The van der Waals surface area contributed by atoms with E-state index in [1.54, 1.807) is 26.0 Å². The molecule has 1 atom stereocenters. The highest BCUT2D eigenvalue weighted by atomic mass is 16.5. The number of aromatic hydroxyl groups is 1. The van der Waals surface area contributed by atoms with Crippen LogP contribution >= 0.6 is 0 Å². The summed E-state index contributed by atoms with van der Waals surface area (Å²) in [5, 5.41) is 20.2. The maximum absolute atomic E-state index is 12.5. The molecule has 0 bridgehead atoms. The molecule has 142 valence electrons. The van der Waals surface area contributed by atoms with E-state index in [0.717, 1.165) is 19.3 Å². The zero-order valence-electron chi connectivity index (χ0n) is 15.3. The molecule has 1 aliphatic carbocycles. The minimum atomic E-state index is -0.874. The third-order valence-electron chi connectivity index (χ3n) is 4.77. The van der Waals surface area contributed by atoms with Crippen molar-refractivity contribution in [3.05, 3.63) is 46.6 Å². The first kappa shape index (κ1) is 18.6. The Kier molecular flexibility index (Phi) is 5.26. The fraction of sp³-hybridized carbons (Fsp3) is 0.400. The molecule has 3 rings (SSSR count). The highest BCUT2D eigenvalue weighted by molar-refractivity contribution is 5.92. The Morgan fingerprint density at radius 1 is 1.44 bits per heavy atom. The monoisotopic (exact) mass is 370 g/mol. The van der Waals surface area contributed by atoms with Crippen LogP contribution in [0, 0.1) is 11.3 Å². The number of carbonyl (C=O) groups excluding carboxylic acids is 1. The number of nitrogens with two attached hydrogens (primary N) is 1. The van der Waals surface area contributed by atoms with E-state index >= 15 is 0 Å². The summed E-state index contributed by atoms with van der Waals surface area (Å²) in [6, 6.07) is 6.83. The van der Waals surface area contributed by atoms with Crippen molar-refractivity contribution >= 4 is 5.97 Å². The van der Waals surface area contributed by atoms with Crippen molar-refractivity contribution in [2.45, 2.75) is 45.1 Å². The molecule has 3 N–H and O–H groups in total. The second-order valence-corrected chi connectivity index (χ2v) is 6.51. The molecule has 2 aliphatic rings. The van der Waals surface area contributed by atoms with Crippen LogP contribution in [-0.2, 0) is 14.3 Å². The number of rotatable bonds is 5. The normalized spacial score (nSPS) is 19.8. The predicted octanol–water partition coefficient (Wildman–Crippen LogP) is 2.97. The van der Waals surface area contributed by atoms with Crippen LogP contribution < -0.4 is 10.5 Å². The van der Waals surface area contributed by atoms with Crippen LogP contribution in [0.5, 0.6) is 11.5 Å². The molecule has 0 amide bonds. The number of allylic oxidation sites excluding steroid dienone is 2. The smallest absolute Gasteiger partial charge is 0.338 e. The molecule has 1 aromatic carbocycles. The second kappa shape index (κ2) is 7.62. The number of phenolic OH excluding ortho intramolecular Hbond substituents is 1. The standard InChI is InChI=1S/C20H22N2O5/c1-3-25-20(24)17-11(2)26-19(22)15(10-21)18(17)14-8-7-13(9-16(14)23)27-12-5-4-6-12/h7-9,12,18,23H,3-6,22H2,1-2H3. The minimum absolute atomic E-state index is 0.0478. The Balaban J connectivity index is 2.02. The summed E-state index contributed by atoms with van der Waals surface area (Å²) in [5.74, 6) is -0.892. The van der Waals surface area contributed by atoms with E-state index in [2.05, 4.69) is 0 Å². The third kappa shape index (κ3) is 3.56. The Hall–Kier alpha value is -3.14. The van der Waals surface area contributed by atoms with Gasteiger partial charge >= 0.3 is 5.97 Å². The number of benzene rings is 1. The number of hydrogen-bond donors (Lipinski definition) is 2. The molecule has 0 saturated heterocycles. The molecular formula is C20H22N2O5. The molecule has 7 heteroatoms. The van der Waals surface area contributed by atoms with Crippen LogP contribution in [0.15, 0.2) is 41.0 Å². The molecule has 27 heavy (non-hydrogen) atoms. The Morgan fingerprint density at radius 3 is 2.74 bits per heavy atom. The summed E-state index contributed by atoms with van der Waals surface area (Å²) < 4.78 is 16.3. The minimum Gasteiger partial charge on any atom is -0.507 e. The zero-order chi connectivity index (χ0) is 19.6. The molecule has 1 fully saturated rings. The second-order valence-electron chi connectivity index (χ2n) is 6.51. The SMILES string of the molecule is CCOC(=O)C1=C(C)OC(N)=C(C#N)C1c1ccc(OC2CCC2)cc1O. The van der Waals surface area contributed by atoms with Crippen LogP contribution in [0.1, 0.15) is 44.6 Å². The fourth-order valence-electron chi connectivity index (χ4n) is 3.19. The number of nitriles is 1. The number of phenols is 1. The van der Waals surface area contributed by atoms with Crippen molar-refractivity contribution in [2.24, 2.45) is 5.73 Å². The number of carbonyl (C=O) groups is 1. The van der Waals surface area contributed by atoms with Gasteiger partial charge in [-0.05, 0) is 39.2 Å². The summed E-state index contributed by atoms with van der Waals surface area (Å²) in [7, 11) is 0. The molecule has 7 nitrogen and oxygen atoms in total. The largest absolute Gasteiger partial charge is 0.507 e. The molecule has 1 aliphatic heterocycles. The van der Waals surface area contributed by atoms with Gasteiger partial charge in [0.15, 0.2) is 0 Å². The summed E-state index contributed by atoms with van der Waals surface area (Å²) in [6.07, 6.45) is 3.30. The van der Waals surface area contributed by atoms with Crippen molar-refractivity contribution in [3.63, 3.8) is 0 Å². The van der Waals surface area contributed by atoms with Gasteiger partial charge in [-0.15, -0.1) is 0 Å². The average Bonchev–Trinajstić information content (AvgIpc) is 2.58. The van der Waals surface area contributed by atoms with Crippen molar-refractivity contribution < 1.29 is 24.1 Å². The highest BCUT2D eigenvalue weighted by Gasteiger charge is 2.37. The summed E-state index contributed by atoms with van der Waals surface area (Å²) in [4.78, 5) is 12.5. The van der Waals surface area contributed by atoms with Crippen molar-refractivity contribution in [3.8, 4) is 17.6 Å². The van der Waals surface area contributed by atoms with Crippen LogP contribution in [0.2, 0.25) is 0 Å². The maximum Gasteiger partial charge on any atom is 0.338 e. The lowest BCUT2D eigenvalue weighted by molar-refractivity contribution is -0.139. The van der Waals surface area contributed by atoms with Gasteiger partial charge in [-0.25, -0.2) is 4.79 Å². The summed E-state index contributed by atoms with van der Waals surface area (Å²) in [6.45, 7) is 3.43. The molecule has 1 unspecified atom stereocenters. The predicted molar refractivity (Wildman–Crippen MR) is 96.4 cm³/mol. The van der Waals surface area contributed by atoms with Crippen LogP contribution in [0.3, 0.4) is 0 Å². The van der Waals surface area contributed by atoms with Gasteiger partial charge in [0, 0.05) is 11.6 Å². The molecule has 1 heterocycles. The first-order valence-corrected chi connectivity index (χ1v) is 8.91. The van der Waals surface area contributed by atoms with Gasteiger partial charge in [-0.1, -0.05) is 6.07 Å². The molecule has 0 spiro atoms. The summed E-state index contributed by atoms with van der Waals surface area (Å²) in [5.41, 5.74) is 6.41. The Morgan fingerprint density at radius 2 is 2.19 bits per heavy atom. The Bertz CT molecular complexity index is 862. The van der Waals surface area contributed by atoms with E-state index < -0.39 is 11.9 Å². The van der Waals surface area contributed by atoms with E-state index in [4.69, 9.17) is 19.9 Å². The van der Waals surface area contributed by atoms with Gasteiger partial charge in [-0.3, -0.25) is 0 Å². The summed E-state index contributed by atoms with van der Waals surface area (Å²) >= 11 is 0. The number of nitrogens with zero attached hydrogens (tertiary/aromatic N) is 1. The molecule has 0 radical (unpaired) electrons. The van der Waals surface area contributed by atoms with Crippen molar-refractivity contribution in [1.29, 1.82) is 5.26 Å². The molecule has 1 saturated carbocycles.